The van der Waals surface area contributed by atoms with Crippen molar-refractivity contribution >= 4 is 6.03 Å². The Hall–Kier alpha value is -1.75. The minimum atomic E-state index is -0.148. The summed E-state index contributed by atoms with van der Waals surface area (Å²) < 4.78 is 0. The molecule has 92 valence electrons. The Morgan fingerprint density at radius 2 is 2.00 bits per heavy atom. The van der Waals surface area contributed by atoms with Gasteiger partial charge in [0.25, 0.3) is 0 Å². The van der Waals surface area contributed by atoms with Crippen LogP contribution in [-0.4, -0.2) is 30.8 Å². The number of carbonyl (C=O) groups is 1. The van der Waals surface area contributed by atoms with Crippen molar-refractivity contribution in [2.45, 2.75) is 6.54 Å². The van der Waals surface area contributed by atoms with Gasteiger partial charge in [0, 0.05) is 32.1 Å². The Balaban J connectivity index is 1.66. The van der Waals surface area contributed by atoms with Crippen LogP contribution in [0.1, 0.15) is 5.56 Å². The number of hydrogen-bond acceptors (Lipinski definition) is 3. The summed E-state index contributed by atoms with van der Waals surface area (Å²) in [7, 11) is 0. The summed E-state index contributed by atoms with van der Waals surface area (Å²) in [5.74, 6) is 0.796. The Morgan fingerprint density at radius 1 is 1.29 bits per heavy atom. The van der Waals surface area contributed by atoms with E-state index in [9.17, 15) is 4.79 Å². The molecule has 0 atom stereocenters. The van der Waals surface area contributed by atoms with Gasteiger partial charge in [-0.1, -0.05) is 12.1 Å². The highest BCUT2D eigenvalue weighted by molar-refractivity contribution is 5.73. The van der Waals surface area contributed by atoms with E-state index in [0.717, 1.165) is 18.7 Å². The second-order valence-electron chi connectivity index (χ2n) is 4.25. The van der Waals surface area contributed by atoms with Crippen molar-refractivity contribution in [3.63, 3.8) is 0 Å². The summed E-state index contributed by atoms with van der Waals surface area (Å²) in [6.45, 7) is 3.15. The third-order valence-electron chi connectivity index (χ3n) is 2.81. The molecule has 5 nitrogen and oxygen atoms in total. The van der Waals surface area contributed by atoms with Gasteiger partial charge in [0.15, 0.2) is 0 Å². The van der Waals surface area contributed by atoms with Crippen molar-refractivity contribution in [1.82, 2.24) is 16.0 Å². The number of amides is 2. The maximum Gasteiger partial charge on any atom is 0.315 e. The SMILES string of the molecule is O=C(NCc1ccc(O)cc1)NCC1CNC1. The van der Waals surface area contributed by atoms with Crippen molar-refractivity contribution in [1.29, 1.82) is 0 Å². The number of phenolic OH excluding ortho intramolecular Hbond substituents is 1. The Labute approximate surface area is 100 Å². The fourth-order valence-electron chi connectivity index (χ4n) is 1.59. The normalized spacial score (nSPS) is 15.1. The quantitative estimate of drug-likeness (QED) is 0.611. The standard InChI is InChI=1S/C12H17N3O2/c16-11-3-1-9(2-4-11)7-14-12(17)15-8-10-5-13-6-10/h1-4,10,13,16H,5-8H2,(H2,14,15,17). The lowest BCUT2D eigenvalue weighted by atomic mass is 10.0. The van der Waals surface area contributed by atoms with Crippen LogP contribution in [0.25, 0.3) is 0 Å². The molecule has 5 heteroatoms. The maximum absolute atomic E-state index is 11.4. The number of rotatable bonds is 4. The highest BCUT2D eigenvalue weighted by Crippen LogP contribution is 2.09. The fourth-order valence-corrected chi connectivity index (χ4v) is 1.59. The molecule has 0 radical (unpaired) electrons. The Bertz CT molecular complexity index is 374. The minimum absolute atomic E-state index is 0.148. The largest absolute Gasteiger partial charge is 0.508 e. The van der Waals surface area contributed by atoms with E-state index in [1.165, 1.54) is 0 Å². The highest BCUT2D eigenvalue weighted by atomic mass is 16.3. The molecule has 0 aliphatic carbocycles. The van der Waals surface area contributed by atoms with Gasteiger partial charge in [-0.3, -0.25) is 0 Å². The number of nitrogens with one attached hydrogen (secondary N) is 3. The molecule has 0 spiro atoms. The molecule has 1 aliphatic rings. The molecule has 2 amide bonds. The summed E-state index contributed by atoms with van der Waals surface area (Å²) in [6.07, 6.45) is 0. The summed E-state index contributed by atoms with van der Waals surface area (Å²) >= 11 is 0. The average Bonchev–Trinajstić information content (AvgIpc) is 2.26. The summed E-state index contributed by atoms with van der Waals surface area (Å²) in [5.41, 5.74) is 0.961. The number of hydrogen-bond donors (Lipinski definition) is 4. The van der Waals surface area contributed by atoms with Gasteiger partial charge in [-0.2, -0.15) is 0 Å². The Kier molecular flexibility index (Phi) is 3.82. The molecule has 0 unspecified atom stereocenters. The van der Waals surface area contributed by atoms with Gasteiger partial charge in [0.05, 0.1) is 0 Å². The second kappa shape index (κ2) is 5.54. The van der Waals surface area contributed by atoms with E-state index in [2.05, 4.69) is 16.0 Å². The number of phenols is 1. The van der Waals surface area contributed by atoms with E-state index >= 15 is 0 Å². The molecule has 0 bridgehead atoms. The zero-order valence-electron chi connectivity index (χ0n) is 9.57. The smallest absolute Gasteiger partial charge is 0.315 e. The van der Waals surface area contributed by atoms with E-state index in [1.807, 2.05) is 0 Å². The van der Waals surface area contributed by atoms with Crippen LogP contribution in [0.4, 0.5) is 4.79 Å². The third-order valence-corrected chi connectivity index (χ3v) is 2.81. The lowest BCUT2D eigenvalue weighted by molar-refractivity contribution is 0.235. The summed E-state index contributed by atoms with van der Waals surface area (Å²) in [4.78, 5) is 11.4. The van der Waals surface area contributed by atoms with Gasteiger partial charge in [0.1, 0.15) is 5.75 Å². The van der Waals surface area contributed by atoms with Crippen molar-refractivity contribution in [3.8, 4) is 5.75 Å². The number of urea groups is 1. The predicted octanol–water partition coefficient (Wildman–Crippen LogP) is 0.411. The molecule has 1 fully saturated rings. The van der Waals surface area contributed by atoms with E-state index in [1.54, 1.807) is 24.3 Å². The first-order valence-corrected chi connectivity index (χ1v) is 5.74. The molecule has 1 saturated heterocycles. The van der Waals surface area contributed by atoms with Gasteiger partial charge < -0.3 is 21.1 Å². The van der Waals surface area contributed by atoms with E-state index in [0.29, 0.717) is 19.0 Å². The fraction of sp³-hybridized carbons (Fsp3) is 0.417. The first-order chi connectivity index (χ1) is 8.24. The summed E-state index contributed by atoms with van der Waals surface area (Å²) in [5, 5.41) is 17.9. The van der Waals surface area contributed by atoms with Gasteiger partial charge in [-0.25, -0.2) is 4.79 Å². The zero-order valence-corrected chi connectivity index (χ0v) is 9.57. The lowest BCUT2D eigenvalue weighted by Crippen LogP contribution is -2.49. The monoisotopic (exact) mass is 235 g/mol. The molecule has 17 heavy (non-hydrogen) atoms. The molecular formula is C12H17N3O2. The van der Waals surface area contributed by atoms with Crippen LogP contribution in [0.15, 0.2) is 24.3 Å². The van der Waals surface area contributed by atoms with Crippen LogP contribution in [-0.2, 0) is 6.54 Å². The molecular weight excluding hydrogens is 218 g/mol. The first-order valence-electron chi connectivity index (χ1n) is 5.74. The molecule has 2 rings (SSSR count). The van der Waals surface area contributed by atoms with E-state index in [4.69, 9.17) is 5.11 Å². The van der Waals surface area contributed by atoms with E-state index in [-0.39, 0.29) is 11.8 Å². The molecule has 1 aromatic rings. The molecule has 1 aliphatic heterocycles. The number of aromatic hydroxyl groups is 1. The Morgan fingerprint density at radius 3 is 2.59 bits per heavy atom. The number of benzene rings is 1. The highest BCUT2D eigenvalue weighted by Gasteiger charge is 2.16. The molecule has 4 N–H and O–H groups in total. The van der Waals surface area contributed by atoms with Crippen LogP contribution < -0.4 is 16.0 Å². The zero-order chi connectivity index (χ0) is 12.1. The van der Waals surface area contributed by atoms with Gasteiger partial charge in [0.2, 0.25) is 0 Å². The predicted molar refractivity (Wildman–Crippen MR) is 64.7 cm³/mol. The second-order valence-corrected chi connectivity index (χ2v) is 4.25. The maximum atomic E-state index is 11.4. The van der Waals surface area contributed by atoms with Crippen LogP contribution in [0.3, 0.4) is 0 Å². The van der Waals surface area contributed by atoms with Crippen LogP contribution in [0, 0.1) is 5.92 Å². The van der Waals surface area contributed by atoms with E-state index < -0.39 is 0 Å². The van der Waals surface area contributed by atoms with Crippen LogP contribution in [0.2, 0.25) is 0 Å². The average molecular weight is 235 g/mol. The summed E-state index contributed by atoms with van der Waals surface area (Å²) in [6, 6.07) is 6.63. The topological polar surface area (TPSA) is 73.4 Å². The van der Waals surface area contributed by atoms with Crippen molar-refractivity contribution in [2.24, 2.45) is 5.92 Å². The molecule has 0 saturated carbocycles. The molecule has 1 heterocycles. The minimum Gasteiger partial charge on any atom is -0.508 e. The van der Waals surface area contributed by atoms with Crippen LogP contribution in [0.5, 0.6) is 5.75 Å². The van der Waals surface area contributed by atoms with Crippen molar-refractivity contribution in [3.05, 3.63) is 29.8 Å². The molecule has 0 aromatic heterocycles. The lowest BCUT2D eigenvalue weighted by Gasteiger charge is -2.27. The van der Waals surface area contributed by atoms with Crippen molar-refractivity contribution < 1.29 is 9.90 Å². The van der Waals surface area contributed by atoms with Gasteiger partial charge in [-0.05, 0) is 17.7 Å². The van der Waals surface area contributed by atoms with Crippen molar-refractivity contribution in [2.75, 3.05) is 19.6 Å². The molecule has 1 aromatic carbocycles. The van der Waals surface area contributed by atoms with Gasteiger partial charge >= 0.3 is 6.03 Å². The van der Waals surface area contributed by atoms with Crippen LogP contribution >= 0.6 is 0 Å². The number of carbonyl (C=O) groups excluding carboxylic acids is 1. The van der Waals surface area contributed by atoms with Gasteiger partial charge in [-0.15, -0.1) is 0 Å². The third kappa shape index (κ3) is 3.64. The first kappa shape index (κ1) is 11.7.